The highest BCUT2D eigenvalue weighted by Gasteiger charge is 2.26. The summed E-state index contributed by atoms with van der Waals surface area (Å²) in [7, 11) is 0. The molecule has 3 nitrogen and oxygen atoms in total. The second-order valence-corrected chi connectivity index (χ2v) is 5.82. The van der Waals surface area contributed by atoms with Crippen molar-refractivity contribution in [2.75, 3.05) is 11.9 Å². The first-order valence-corrected chi connectivity index (χ1v) is 7.88. The van der Waals surface area contributed by atoms with Crippen molar-refractivity contribution in [3.63, 3.8) is 0 Å². The maximum Gasteiger partial charge on any atom is 0.173 e. The van der Waals surface area contributed by atoms with Crippen molar-refractivity contribution in [1.29, 1.82) is 0 Å². The molecule has 0 amide bonds. The van der Waals surface area contributed by atoms with Crippen LogP contribution in [0.25, 0.3) is 0 Å². The summed E-state index contributed by atoms with van der Waals surface area (Å²) in [4.78, 5) is 6.39. The minimum atomic E-state index is -0.268. The molecule has 3 rings (SSSR count). The zero-order valence-corrected chi connectivity index (χ0v) is 13.0. The molecule has 114 valence electrons. The summed E-state index contributed by atoms with van der Waals surface area (Å²) < 4.78 is 13.3. The van der Waals surface area contributed by atoms with Gasteiger partial charge in [-0.2, -0.15) is 0 Å². The fourth-order valence-electron chi connectivity index (χ4n) is 2.86. The highest BCUT2D eigenvalue weighted by Crippen LogP contribution is 2.31. The number of anilines is 1. The summed E-state index contributed by atoms with van der Waals surface area (Å²) in [5.74, 6) is -0.268. The van der Waals surface area contributed by atoms with Crippen LogP contribution >= 0.6 is 12.2 Å². The van der Waals surface area contributed by atoms with E-state index in [9.17, 15) is 4.39 Å². The van der Waals surface area contributed by atoms with Gasteiger partial charge in [0, 0.05) is 24.6 Å². The third-order valence-electron chi connectivity index (χ3n) is 3.91. The average molecular weight is 315 g/mol. The van der Waals surface area contributed by atoms with Gasteiger partial charge in [-0.1, -0.05) is 12.1 Å². The van der Waals surface area contributed by atoms with Crippen LogP contribution in [-0.2, 0) is 0 Å². The van der Waals surface area contributed by atoms with Gasteiger partial charge in [-0.3, -0.25) is 4.98 Å². The molecular weight excluding hydrogens is 297 g/mol. The second-order valence-electron chi connectivity index (χ2n) is 5.43. The van der Waals surface area contributed by atoms with E-state index in [2.05, 4.69) is 21.3 Å². The molecule has 0 spiro atoms. The summed E-state index contributed by atoms with van der Waals surface area (Å²) >= 11 is 5.55. The lowest BCUT2D eigenvalue weighted by Crippen LogP contribution is -2.41. The topological polar surface area (TPSA) is 28.2 Å². The number of hydrogen-bond acceptors (Lipinski definition) is 2. The molecule has 1 unspecified atom stereocenters. The summed E-state index contributed by atoms with van der Waals surface area (Å²) in [5, 5.41) is 3.79. The van der Waals surface area contributed by atoms with Crippen LogP contribution in [0.4, 0.5) is 10.1 Å². The summed E-state index contributed by atoms with van der Waals surface area (Å²) in [6.45, 7) is 0.903. The van der Waals surface area contributed by atoms with Gasteiger partial charge >= 0.3 is 0 Å². The summed E-state index contributed by atoms with van der Waals surface area (Å²) in [5.41, 5.74) is 1.85. The number of rotatable bonds is 2. The molecular formula is C17H18FN3S. The normalized spacial score (nSPS) is 18.0. The van der Waals surface area contributed by atoms with E-state index in [0.29, 0.717) is 10.8 Å². The van der Waals surface area contributed by atoms with Crippen LogP contribution < -0.4 is 5.32 Å². The minimum absolute atomic E-state index is 0.232. The van der Waals surface area contributed by atoms with Gasteiger partial charge in [0.2, 0.25) is 0 Å². The smallest absolute Gasteiger partial charge is 0.173 e. The first-order chi connectivity index (χ1) is 10.7. The van der Waals surface area contributed by atoms with Crippen molar-refractivity contribution in [3.05, 3.63) is 60.2 Å². The van der Waals surface area contributed by atoms with Gasteiger partial charge in [-0.25, -0.2) is 4.39 Å². The van der Waals surface area contributed by atoms with Crippen LogP contribution in [0.2, 0.25) is 0 Å². The number of likely N-dealkylation sites (tertiary alicyclic amines) is 1. The summed E-state index contributed by atoms with van der Waals surface area (Å²) in [6, 6.07) is 10.6. The van der Waals surface area contributed by atoms with Gasteiger partial charge in [0.25, 0.3) is 0 Å². The molecule has 1 saturated heterocycles. The zero-order chi connectivity index (χ0) is 15.4. The Kier molecular flexibility index (Phi) is 4.63. The maximum absolute atomic E-state index is 13.3. The third kappa shape index (κ3) is 3.42. The predicted octanol–water partition coefficient (Wildman–Crippen LogP) is 4.14. The number of halogens is 1. The van der Waals surface area contributed by atoms with Crippen molar-refractivity contribution < 1.29 is 4.39 Å². The quantitative estimate of drug-likeness (QED) is 0.843. The number of nitrogens with zero attached hydrogens (tertiary/aromatic N) is 2. The molecule has 1 atom stereocenters. The second kappa shape index (κ2) is 6.83. The molecule has 1 aliphatic heterocycles. The van der Waals surface area contributed by atoms with Gasteiger partial charge in [-0.15, -0.1) is 0 Å². The number of hydrogen-bond donors (Lipinski definition) is 1. The molecule has 1 aromatic carbocycles. The third-order valence-corrected chi connectivity index (χ3v) is 4.25. The van der Waals surface area contributed by atoms with Gasteiger partial charge in [0.1, 0.15) is 5.82 Å². The van der Waals surface area contributed by atoms with E-state index in [-0.39, 0.29) is 11.9 Å². The Morgan fingerprint density at radius 2 is 2.18 bits per heavy atom. The molecule has 2 heterocycles. The standard InChI is InChI=1S/C17H18FN3S/c18-14-6-3-7-15(11-14)20-17(22)21-10-2-1-8-16(21)13-5-4-9-19-12-13/h3-7,9,11-12,16H,1-2,8,10H2,(H,20,22). The molecule has 0 aliphatic carbocycles. The molecule has 2 aromatic rings. The number of thiocarbonyl (C=S) groups is 1. The molecule has 0 saturated carbocycles. The Labute approximate surface area is 135 Å². The maximum atomic E-state index is 13.3. The van der Waals surface area contributed by atoms with Gasteiger partial charge < -0.3 is 10.2 Å². The van der Waals surface area contributed by atoms with E-state index in [0.717, 1.165) is 19.4 Å². The molecule has 1 N–H and O–H groups in total. The number of nitrogens with one attached hydrogen (secondary N) is 1. The van der Waals surface area contributed by atoms with Crippen molar-refractivity contribution in [3.8, 4) is 0 Å². The van der Waals surface area contributed by atoms with Crippen LogP contribution in [-0.4, -0.2) is 21.5 Å². The van der Waals surface area contributed by atoms with Gasteiger partial charge in [0.05, 0.1) is 6.04 Å². The fraction of sp³-hybridized carbons (Fsp3) is 0.294. The van der Waals surface area contributed by atoms with Crippen LogP contribution in [0.15, 0.2) is 48.8 Å². The number of benzene rings is 1. The van der Waals surface area contributed by atoms with E-state index < -0.39 is 0 Å². The molecule has 22 heavy (non-hydrogen) atoms. The van der Waals surface area contributed by atoms with Gasteiger partial charge in [-0.05, 0) is 61.3 Å². The van der Waals surface area contributed by atoms with E-state index in [4.69, 9.17) is 12.2 Å². The Balaban J connectivity index is 1.77. The summed E-state index contributed by atoms with van der Waals surface area (Å²) in [6.07, 6.45) is 7.02. The SMILES string of the molecule is Fc1cccc(NC(=S)N2CCCCC2c2cccnc2)c1. The Morgan fingerprint density at radius 1 is 1.27 bits per heavy atom. The van der Waals surface area contributed by atoms with Crippen molar-refractivity contribution in [2.45, 2.75) is 25.3 Å². The lowest BCUT2D eigenvalue weighted by molar-refractivity contribution is 0.248. The first kappa shape index (κ1) is 14.9. The highest BCUT2D eigenvalue weighted by atomic mass is 32.1. The lowest BCUT2D eigenvalue weighted by Gasteiger charge is -2.37. The lowest BCUT2D eigenvalue weighted by atomic mass is 9.97. The predicted molar refractivity (Wildman–Crippen MR) is 90.2 cm³/mol. The van der Waals surface area contributed by atoms with E-state index >= 15 is 0 Å². The van der Waals surface area contributed by atoms with E-state index in [1.54, 1.807) is 12.3 Å². The van der Waals surface area contributed by atoms with Crippen molar-refractivity contribution in [2.24, 2.45) is 0 Å². The molecule has 1 aromatic heterocycles. The highest BCUT2D eigenvalue weighted by molar-refractivity contribution is 7.80. The molecule has 0 radical (unpaired) electrons. The van der Waals surface area contributed by atoms with Crippen LogP contribution in [0.3, 0.4) is 0 Å². The van der Waals surface area contributed by atoms with Crippen LogP contribution in [0, 0.1) is 5.82 Å². The largest absolute Gasteiger partial charge is 0.342 e. The number of pyridine rings is 1. The van der Waals surface area contributed by atoms with Crippen LogP contribution in [0.5, 0.6) is 0 Å². The van der Waals surface area contributed by atoms with Crippen molar-refractivity contribution in [1.82, 2.24) is 9.88 Å². The Morgan fingerprint density at radius 3 is 2.95 bits per heavy atom. The Bertz CT molecular complexity index is 647. The van der Waals surface area contributed by atoms with E-state index in [1.165, 1.54) is 24.1 Å². The fourth-order valence-corrected chi connectivity index (χ4v) is 3.19. The molecule has 0 bridgehead atoms. The molecule has 5 heteroatoms. The molecule has 1 aliphatic rings. The average Bonchev–Trinajstić information content (AvgIpc) is 2.56. The minimum Gasteiger partial charge on any atom is -0.342 e. The van der Waals surface area contributed by atoms with E-state index in [1.807, 2.05) is 18.3 Å². The van der Waals surface area contributed by atoms with Gasteiger partial charge in [0.15, 0.2) is 5.11 Å². The Hall–Kier alpha value is -2.01. The number of piperidine rings is 1. The molecule has 1 fully saturated rings. The van der Waals surface area contributed by atoms with Crippen molar-refractivity contribution >= 4 is 23.0 Å². The number of aromatic nitrogens is 1. The van der Waals surface area contributed by atoms with Crippen LogP contribution in [0.1, 0.15) is 30.9 Å². The first-order valence-electron chi connectivity index (χ1n) is 7.47. The monoisotopic (exact) mass is 315 g/mol. The zero-order valence-electron chi connectivity index (χ0n) is 12.2.